The number of fused-ring (bicyclic) bond motifs is 1. The molecule has 1 aliphatic rings. The van der Waals surface area contributed by atoms with Gasteiger partial charge in [-0.2, -0.15) is 0 Å². The summed E-state index contributed by atoms with van der Waals surface area (Å²) in [6, 6.07) is 24.8. The second-order valence-corrected chi connectivity index (χ2v) is 7.04. The fourth-order valence-electron chi connectivity index (χ4n) is 3.88. The molecular weight excluding hydrogens is 360 g/mol. The number of hydrogen-bond acceptors (Lipinski definition) is 2. The minimum absolute atomic E-state index is 0.865. The summed E-state index contributed by atoms with van der Waals surface area (Å²) < 4.78 is 5.42. The number of ether oxygens (including phenoxy) is 1. The van der Waals surface area contributed by atoms with E-state index in [1.54, 1.807) is 13.2 Å². The summed E-state index contributed by atoms with van der Waals surface area (Å²) in [4.78, 5) is 10.8. The molecule has 4 rings (SSSR count). The normalized spacial score (nSPS) is 13.4. The molecule has 0 saturated heterocycles. The number of methoxy groups -OCH3 is 1. The molecule has 0 spiro atoms. The van der Waals surface area contributed by atoms with Crippen LogP contribution in [-0.4, -0.2) is 18.2 Å². The molecule has 0 fully saturated rings. The van der Waals surface area contributed by atoms with Crippen LogP contribution in [0.25, 0.3) is 17.2 Å². The van der Waals surface area contributed by atoms with Crippen molar-refractivity contribution in [3.8, 4) is 5.75 Å². The third-order valence-electron chi connectivity index (χ3n) is 5.27. The highest BCUT2D eigenvalue weighted by Crippen LogP contribution is 2.41. The predicted molar refractivity (Wildman–Crippen MR) is 117 cm³/mol. The first-order valence-electron chi connectivity index (χ1n) is 9.63. The minimum Gasteiger partial charge on any atom is -0.497 e. The molecule has 3 heteroatoms. The Morgan fingerprint density at radius 1 is 0.931 bits per heavy atom. The lowest BCUT2D eigenvalue weighted by Crippen LogP contribution is -2.06. The Bertz CT molecular complexity index is 1090. The molecule has 0 aliphatic heterocycles. The predicted octanol–water partition coefficient (Wildman–Crippen LogP) is 5.70. The van der Waals surface area contributed by atoms with E-state index < -0.39 is 5.97 Å². The Hall–Kier alpha value is -3.59. The highest BCUT2D eigenvalue weighted by Gasteiger charge is 2.21. The summed E-state index contributed by atoms with van der Waals surface area (Å²) in [5.41, 5.74) is 8.30. The number of carbonyl (C=O) groups is 1. The van der Waals surface area contributed by atoms with E-state index in [1.165, 1.54) is 27.8 Å². The van der Waals surface area contributed by atoms with Crippen LogP contribution in [-0.2, 0) is 11.2 Å². The molecule has 3 nitrogen and oxygen atoms in total. The van der Waals surface area contributed by atoms with Crippen molar-refractivity contribution in [1.29, 1.82) is 0 Å². The van der Waals surface area contributed by atoms with Crippen molar-refractivity contribution in [2.45, 2.75) is 12.8 Å². The highest BCUT2D eigenvalue weighted by atomic mass is 16.5. The van der Waals surface area contributed by atoms with Gasteiger partial charge in [-0.15, -0.1) is 0 Å². The molecule has 1 N–H and O–H groups in total. The zero-order valence-corrected chi connectivity index (χ0v) is 16.3. The van der Waals surface area contributed by atoms with Crippen LogP contribution in [0.3, 0.4) is 0 Å². The van der Waals surface area contributed by atoms with Crippen molar-refractivity contribution in [1.82, 2.24) is 0 Å². The van der Waals surface area contributed by atoms with E-state index >= 15 is 0 Å². The second-order valence-electron chi connectivity index (χ2n) is 7.04. The average molecular weight is 382 g/mol. The Balaban J connectivity index is 1.85. The van der Waals surface area contributed by atoms with E-state index in [2.05, 4.69) is 48.5 Å². The van der Waals surface area contributed by atoms with Crippen LogP contribution < -0.4 is 4.74 Å². The van der Waals surface area contributed by atoms with E-state index in [9.17, 15) is 4.79 Å². The van der Waals surface area contributed by atoms with Gasteiger partial charge in [-0.1, -0.05) is 60.7 Å². The van der Waals surface area contributed by atoms with E-state index in [1.807, 2.05) is 24.3 Å². The van der Waals surface area contributed by atoms with Crippen molar-refractivity contribution in [3.05, 3.63) is 107 Å². The number of rotatable bonds is 5. The van der Waals surface area contributed by atoms with Gasteiger partial charge in [-0.25, -0.2) is 4.79 Å². The number of allylic oxidation sites excluding steroid dienone is 1. The fraction of sp³-hybridized carbons (Fsp3) is 0.115. The molecule has 29 heavy (non-hydrogen) atoms. The van der Waals surface area contributed by atoms with E-state index in [4.69, 9.17) is 9.84 Å². The molecule has 0 heterocycles. The third kappa shape index (κ3) is 3.99. The molecule has 0 saturated carbocycles. The quantitative estimate of drug-likeness (QED) is 0.576. The summed E-state index contributed by atoms with van der Waals surface area (Å²) >= 11 is 0. The van der Waals surface area contributed by atoms with Crippen LogP contribution in [0.4, 0.5) is 0 Å². The highest BCUT2D eigenvalue weighted by molar-refractivity contribution is 6.01. The summed E-state index contributed by atoms with van der Waals surface area (Å²) in [5, 5.41) is 8.84. The maximum atomic E-state index is 10.8. The monoisotopic (exact) mass is 382 g/mol. The summed E-state index contributed by atoms with van der Waals surface area (Å²) in [7, 11) is 1.69. The van der Waals surface area contributed by atoms with Crippen molar-refractivity contribution in [3.63, 3.8) is 0 Å². The van der Waals surface area contributed by atoms with Crippen LogP contribution in [0, 0.1) is 0 Å². The first-order valence-corrected chi connectivity index (χ1v) is 9.63. The fourth-order valence-corrected chi connectivity index (χ4v) is 3.88. The smallest absolute Gasteiger partial charge is 0.328 e. The molecule has 144 valence electrons. The number of benzene rings is 3. The van der Waals surface area contributed by atoms with Crippen molar-refractivity contribution >= 4 is 23.2 Å². The summed E-state index contributed by atoms with van der Waals surface area (Å²) in [6.07, 6.45) is 4.70. The average Bonchev–Trinajstić information content (AvgIpc) is 2.77. The molecule has 0 bridgehead atoms. The molecule has 0 aromatic heterocycles. The van der Waals surface area contributed by atoms with Crippen LogP contribution in [0.5, 0.6) is 5.75 Å². The van der Waals surface area contributed by atoms with E-state index in [0.717, 1.165) is 35.8 Å². The maximum Gasteiger partial charge on any atom is 0.328 e. The van der Waals surface area contributed by atoms with Crippen LogP contribution in [0.15, 0.2) is 78.9 Å². The number of hydrogen-bond donors (Lipinski definition) is 1. The summed E-state index contributed by atoms with van der Waals surface area (Å²) in [5.74, 6) is -0.0706. The van der Waals surface area contributed by atoms with Crippen LogP contribution in [0.1, 0.15) is 34.2 Å². The van der Waals surface area contributed by atoms with E-state index in [-0.39, 0.29) is 0 Å². The molecule has 0 atom stereocenters. The van der Waals surface area contributed by atoms with Gasteiger partial charge in [0, 0.05) is 6.08 Å². The first-order chi connectivity index (χ1) is 14.2. The van der Waals surface area contributed by atoms with Crippen LogP contribution >= 0.6 is 0 Å². The molecular formula is C26H22O3. The SMILES string of the molecule is COc1ccc2c(c1)CCC(c1ccccc1)=C2c1ccc(C=CC(=O)O)cc1. The molecule has 3 aromatic carbocycles. The van der Waals surface area contributed by atoms with Crippen LogP contribution in [0.2, 0.25) is 0 Å². The maximum absolute atomic E-state index is 10.8. The van der Waals surface area contributed by atoms with Crippen molar-refractivity contribution in [2.75, 3.05) is 7.11 Å². The van der Waals surface area contributed by atoms with Gasteiger partial charge in [0.05, 0.1) is 7.11 Å². The molecule has 3 aromatic rings. The Kier molecular flexibility index (Phi) is 5.30. The lowest BCUT2D eigenvalue weighted by Gasteiger charge is -2.25. The van der Waals surface area contributed by atoms with Gasteiger partial charge >= 0.3 is 5.97 Å². The first kappa shape index (κ1) is 18.8. The Morgan fingerprint density at radius 2 is 1.69 bits per heavy atom. The molecule has 0 amide bonds. The van der Waals surface area contributed by atoms with Gasteiger partial charge < -0.3 is 9.84 Å². The number of carboxylic acids is 1. The van der Waals surface area contributed by atoms with Gasteiger partial charge in [0.25, 0.3) is 0 Å². The zero-order chi connectivity index (χ0) is 20.2. The largest absolute Gasteiger partial charge is 0.497 e. The molecule has 0 unspecified atom stereocenters. The number of aryl methyl sites for hydroxylation is 1. The van der Waals surface area contributed by atoms with Gasteiger partial charge in [0.15, 0.2) is 0 Å². The second kappa shape index (κ2) is 8.19. The van der Waals surface area contributed by atoms with Gasteiger partial charge in [0.2, 0.25) is 0 Å². The topological polar surface area (TPSA) is 46.5 Å². The summed E-state index contributed by atoms with van der Waals surface area (Å²) in [6.45, 7) is 0. The zero-order valence-electron chi connectivity index (χ0n) is 16.3. The lowest BCUT2D eigenvalue weighted by molar-refractivity contribution is -0.131. The molecule has 0 radical (unpaired) electrons. The van der Waals surface area contributed by atoms with Gasteiger partial charge in [-0.05, 0) is 70.0 Å². The van der Waals surface area contributed by atoms with Gasteiger partial charge in [0.1, 0.15) is 5.75 Å². The standard InChI is InChI=1S/C26H22O3/c1-29-22-13-15-24-21(17-22)12-14-23(19-5-3-2-4-6-19)26(24)20-10-7-18(8-11-20)9-16-25(27)28/h2-11,13,15-17H,12,14H2,1H3,(H,27,28). The number of carboxylic acid groups (broad SMARTS) is 1. The van der Waals surface area contributed by atoms with Crippen molar-refractivity contribution < 1.29 is 14.6 Å². The van der Waals surface area contributed by atoms with Crippen molar-refractivity contribution in [2.24, 2.45) is 0 Å². The third-order valence-corrected chi connectivity index (χ3v) is 5.27. The Labute approximate surface area is 170 Å². The molecule has 1 aliphatic carbocycles. The minimum atomic E-state index is -0.946. The van der Waals surface area contributed by atoms with Gasteiger partial charge in [-0.3, -0.25) is 0 Å². The Morgan fingerprint density at radius 3 is 2.38 bits per heavy atom. The number of aliphatic carboxylic acids is 1. The lowest BCUT2D eigenvalue weighted by atomic mass is 9.79. The van der Waals surface area contributed by atoms with E-state index in [0.29, 0.717) is 0 Å².